The zero-order chi connectivity index (χ0) is 23.8. The number of carbonyl (C=O) groups is 1. The standard InChI is InChI=1S/C21H18N2O3S3.CH2O3/c1-12-19(13-5-3-2-4-6-13)20(12)23-29(25,26)18-10-9-16(27-18)14-7-8-15-17(11-14)28-21(24)22-15;2-1(3)4/h2-12,19-20,23H,1H3,(H,22,24);(H2,2,3,4)/t12-,19-,20+;/m1./s1. The van der Waals surface area contributed by atoms with E-state index in [0.717, 1.165) is 32.0 Å². The third-order valence-electron chi connectivity index (χ3n) is 5.41. The first kappa shape index (κ1) is 23.2. The molecule has 0 saturated heterocycles. The van der Waals surface area contributed by atoms with Gasteiger partial charge >= 0.3 is 11.0 Å². The molecular weight excluding hydrogens is 484 g/mol. The van der Waals surface area contributed by atoms with Gasteiger partial charge in [-0.15, -0.1) is 11.3 Å². The average Bonchev–Trinajstić information content (AvgIpc) is 3.13. The molecule has 11 heteroatoms. The van der Waals surface area contributed by atoms with Gasteiger partial charge in [-0.3, -0.25) is 4.79 Å². The quantitative estimate of drug-likeness (QED) is 0.313. The van der Waals surface area contributed by atoms with Gasteiger partial charge in [-0.2, -0.15) is 0 Å². The Bertz CT molecular complexity index is 1450. The highest BCUT2D eigenvalue weighted by molar-refractivity contribution is 7.91. The van der Waals surface area contributed by atoms with Crippen LogP contribution in [0, 0.1) is 5.92 Å². The monoisotopic (exact) mass is 504 g/mol. The van der Waals surface area contributed by atoms with E-state index in [1.165, 1.54) is 16.9 Å². The number of nitrogens with one attached hydrogen (secondary N) is 2. The second-order valence-corrected chi connectivity index (χ2v) is 11.6. The van der Waals surface area contributed by atoms with Crippen LogP contribution in [0.1, 0.15) is 18.4 Å². The summed E-state index contributed by atoms with van der Waals surface area (Å²) in [5.41, 5.74) is 2.86. The molecule has 2 heterocycles. The molecule has 1 saturated carbocycles. The van der Waals surface area contributed by atoms with Crippen LogP contribution in [0.25, 0.3) is 20.7 Å². The van der Waals surface area contributed by atoms with Crippen molar-refractivity contribution in [3.63, 3.8) is 0 Å². The van der Waals surface area contributed by atoms with Crippen molar-refractivity contribution in [3.05, 3.63) is 75.9 Å². The first-order chi connectivity index (χ1) is 15.7. The molecule has 1 aliphatic rings. The summed E-state index contributed by atoms with van der Waals surface area (Å²) in [7, 11) is -3.58. The highest BCUT2D eigenvalue weighted by Gasteiger charge is 2.49. The van der Waals surface area contributed by atoms with E-state index < -0.39 is 16.2 Å². The molecule has 8 nitrogen and oxygen atoms in total. The van der Waals surface area contributed by atoms with Crippen molar-refractivity contribution < 1.29 is 23.4 Å². The number of hydrogen-bond donors (Lipinski definition) is 4. The van der Waals surface area contributed by atoms with Crippen LogP contribution in [0.4, 0.5) is 4.79 Å². The Morgan fingerprint density at radius 1 is 1.03 bits per heavy atom. The summed E-state index contributed by atoms with van der Waals surface area (Å²) in [5, 5.41) is 13.9. The van der Waals surface area contributed by atoms with Crippen LogP contribution in [-0.2, 0) is 10.0 Å². The number of carboxylic acid groups (broad SMARTS) is 2. The fourth-order valence-electron chi connectivity index (χ4n) is 3.79. The number of H-pyrrole nitrogens is 1. The van der Waals surface area contributed by atoms with Crippen LogP contribution in [0.15, 0.2) is 69.7 Å². The molecule has 2 aromatic carbocycles. The molecule has 0 aliphatic heterocycles. The number of rotatable bonds is 5. The van der Waals surface area contributed by atoms with E-state index in [1.54, 1.807) is 6.07 Å². The summed E-state index contributed by atoms with van der Waals surface area (Å²) in [6.45, 7) is 2.07. The lowest BCUT2D eigenvalue weighted by molar-refractivity contribution is 0.137. The molecule has 1 fully saturated rings. The van der Waals surface area contributed by atoms with Crippen molar-refractivity contribution in [2.75, 3.05) is 0 Å². The Labute approximate surface area is 197 Å². The summed E-state index contributed by atoms with van der Waals surface area (Å²) >= 11 is 2.39. The molecule has 2 aromatic heterocycles. The minimum Gasteiger partial charge on any atom is -0.450 e. The number of sulfonamides is 1. The van der Waals surface area contributed by atoms with E-state index in [4.69, 9.17) is 15.0 Å². The summed E-state index contributed by atoms with van der Waals surface area (Å²) in [6.07, 6.45) is -1.83. The predicted octanol–water partition coefficient (Wildman–Crippen LogP) is 4.62. The molecule has 5 rings (SSSR count). The average molecular weight is 505 g/mol. The van der Waals surface area contributed by atoms with Gasteiger partial charge in [0.15, 0.2) is 0 Å². The normalized spacial score (nSPS) is 19.6. The highest BCUT2D eigenvalue weighted by atomic mass is 32.2. The van der Waals surface area contributed by atoms with E-state index in [2.05, 4.69) is 16.6 Å². The molecule has 3 atom stereocenters. The molecule has 0 amide bonds. The summed E-state index contributed by atoms with van der Waals surface area (Å²) in [6, 6.07) is 19.1. The third-order valence-corrected chi connectivity index (χ3v) is 9.34. The molecule has 33 heavy (non-hydrogen) atoms. The van der Waals surface area contributed by atoms with E-state index in [0.29, 0.717) is 4.21 Å². The molecular formula is C22H20N2O6S3. The number of aromatic amines is 1. The lowest BCUT2D eigenvalue weighted by Crippen LogP contribution is -2.27. The second kappa shape index (κ2) is 9.10. The summed E-state index contributed by atoms with van der Waals surface area (Å²) < 4.78 is 29.9. The number of aromatic nitrogens is 1. The minimum absolute atomic E-state index is 0.0820. The maximum absolute atomic E-state index is 12.9. The Kier molecular flexibility index (Phi) is 6.39. The molecule has 1 aliphatic carbocycles. The van der Waals surface area contributed by atoms with Crippen molar-refractivity contribution in [1.29, 1.82) is 0 Å². The van der Waals surface area contributed by atoms with Crippen molar-refractivity contribution >= 4 is 49.1 Å². The van der Waals surface area contributed by atoms with Gasteiger partial charge in [0.25, 0.3) is 0 Å². The number of hydrogen-bond acceptors (Lipinski definition) is 6. The van der Waals surface area contributed by atoms with Crippen LogP contribution >= 0.6 is 22.7 Å². The topological polar surface area (TPSA) is 137 Å². The summed E-state index contributed by atoms with van der Waals surface area (Å²) in [4.78, 5) is 23.6. The first-order valence-corrected chi connectivity index (χ1v) is 13.0. The Hall–Kier alpha value is -2.99. The van der Waals surface area contributed by atoms with Gasteiger partial charge in [0.1, 0.15) is 4.21 Å². The highest BCUT2D eigenvalue weighted by Crippen LogP contribution is 2.48. The van der Waals surface area contributed by atoms with Crippen molar-refractivity contribution in [2.24, 2.45) is 5.92 Å². The summed E-state index contributed by atoms with van der Waals surface area (Å²) in [5.74, 6) is 0.481. The van der Waals surface area contributed by atoms with Gasteiger partial charge in [0.2, 0.25) is 10.0 Å². The van der Waals surface area contributed by atoms with Crippen LogP contribution in [0.2, 0.25) is 0 Å². The zero-order valence-corrected chi connectivity index (χ0v) is 19.7. The molecule has 0 radical (unpaired) electrons. The zero-order valence-electron chi connectivity index (χ0n) is 17.3. The molecule has 0 bridgehead atoms. The van der Waals surface area contributed by atoms with Gasteiger partial charge in [-0.05, 0) is 41.3 Å². The van der Waals surface area contributed by atoms with Crippen LogP contribution in [-0.4, -0.2) is 35.8 Å². The minimum atomic E-state index is -3.58. The molecule has 172 valence electrons. The van der Waals surface area contributed by atoms with E-state index >= 15 is 0 Å². The van der Waals surface area contributed by atoms with E-state index in [1.807, 2.05) is 54.6 Å². The lowest BCUT2D eigenvalue weighted by Gasteiger charge is -2.04. The number of thiazole rings is 1. The van der Waals surface area contributed by atoms with Gasteiger partial charge in [0.05, 0.1) is 10.2 Å². The molecule has 4 aromatic rings. The van der Waals surface area contributed by atoms with E-state index in [9.17, 15) is 13.2 Å². The van der Waals surface area contributed by atoms with Crippen LogP contribution < -0.4 is 9.60 Å². The predicted molar refractivity (Wildman–Crippen MR) is 129 cm³/mol. The van der Waals surface area contributed by atoms with Crippen LogP contribution in [0.3, 0.4) is 0 Å². The van der Waals surface area contributed by atoms with Gasteiger partial charge in [-0.1, -0.05) is 54.7 Å². The maximum atomic E-state index is 12.9. The Balaban J connectivity index is 0.000000601. The largest absolute Gasteiger partial charge is 0.503 e. The Morgan fingerprint density at radius 3 is 2.42 bits per heavy atom. The third kappa shape index (κ3) is 5.17. The molecule has 0 spiro atoms. The fraction of sp³-hybridized carbons (Fsp3) is 0.182. The van der Waals surface area contributed by atoms with Gasteiger partial charge in [0, 0.05) is 16.8 Å². The molecule has 4 N–H and O–H groups in total. The SMILES string of the molecule is C[C@H]1[C@H](NS(=O)(=O)c2ccc(-c3ccc4[nH]c(=O)sc4c3)s2)[C@H]1c1ccccc1.O=C(O)O. The first-order valence-electron chi connectivity index (χ1n) is 9.88. The van der Waals surface area contributed by atoms with Crippen molar-refractivity contribution in [2.45, 2.75) is 23.1 Å². The second-order valence-electron chi connectivity index (χ2n) is 7.57. The van der Waals surface area contributed by atoms with E-state index in [-0.39, 0.29) is 22.8 Å². The number of fused-ring (bicyclic) bond motifs is 1. The Morgan fingerprint density at radius 2 is 1.73 bits per heavy atom. The van der Waals surface area contributed by atoms with Crippen molar-refractivity contribution in [3.8, 4) is 10.4 Å². The van der Waals surface area contributed by atoms with Gasteiger partial charge < -0.3 is 15.2 Å². The van der Waals surface area contributed by atoms with Gasteiger partial charge in [-0.25, -0.2) is 17.9 Å². The van der Waals surface area contributed by atoms with Crippen LogP contribution in [0.5, 0.6) is 0 Å². The maximum Gasteiger partial charge on any atom is 0.503 e. The number of benzene rings is 2. The van der Waals surface area contributed by atoms with Crippen molar-refractivity contribution in [1.82, 2.24) is 9.71 Å². The number of thiophene rings is 1. The fourth-order valence-corrected chi connectivity index (χ4v) is 7.23. The molecule has 0 unspecified atom stereocenters. The smallest absolute Gasteiger partial charge is 0.450 e. The lowest BCUT2D eigenvalue weighted by atomic mass is 10.1.